The van der Waals surface area contributed by atoms with E-state index in [9.17, 15) is 4.79 Å². The van der Waals surface area contributed by atoms with Crippen molar-refractivity contribution in [3.05, 3.63) is 35.4 Å². The lowest BCUT2D eigenvalue weighted by atomic mass is 10.0. The van der Waals surface area contributed by atoms with Gasteiger partial charge in [0.25, 0.3) is 5.91 Å². The number of carbonyl (C=O) groups is 1. The summed E-state index contributed by atoms with van der Waals surface area (Å²) in [6, 6.07) is 7.97. The van der Waals surface area contributed by atoms with Crippen LogP contribution in [-0.2, 0) is 4.79 Å². The summed E-state index contributed by atoms with van der Waals surface area (Å²) in [5.41, 5.74) is 2.27. The lowest BCUT2D eigenvalue weighted by Crippen LogP contribution is -2.27. The van der Waals surface area contributed by atoms with Crippen molar-refractivity contribution in [3.63, 3.8) is 0 Å². The fourth-order valence-electron chi connectivity index (χ4n) is 2.11. The van der Waals surface area contributed by atoms with Crippen LogP contribution in [-0.4, -0.2) is 28.3 Å². The van der Waals surface area contributed by atoms with E-state index in [1.165, 1.54) is 5.56 Å². The van der Waals surface area contributed by atoms with Gasteiger partial charge in [-0.25, -0.2) is 0 Å². The number of carbonyl (C=O) groups excluding carboxylic acids is 1. The van der Waals surface area contributed by atoms with E-state index in [-0.39, 0.29) is 11.9 Å². The Kier molecular flexibility index (Phi) is 2.24. The molecule has 2 aliphatic rings. The molecule has 1 aromatic carbocycles. The molecule has 0 spiro atoms. The highest BCUT2D eigenvalue weighted by molar-refractivity contribution is 8.14. The fourth-order valence-corrected chi connectivity index (χ4v) is 3.10. The number of fused-ring (bicyclic) bond motifs is 1. The maximum Gasteiger partial charge on any atom is 0.275 e. The maximum absolute atomic E-state index is 11.8. The van der Waals surface area contributed by atoms with Crippen molar-refractivity contribution in [3.8, 4) is 0 Å². The molecule has 1 aromatic rings. The van der Waals surface area contributed by atoms with Gasteiger partial charge < -0.3 is 4.90 Å². The van der Waals surface area contributed by atoms with Crippen molar-refractivity contribution < 1.29 is 4.79 Å². The summed E-state index contributed by atoms with van der Waals surface area (Å²) >= 11 is 1.67. The van der Waals surface area contributed by atoms with Crippen molar-refractivity contribution in [2.45, 2.75) is 13.0 Å². The van der Waals surface area contributed by atoms with Crippen LogP contribution in [0.2, 0.25) is 0 Å². The molecule has 0 aliphatic carbocycles. The van der Waals surface area contributed by atoms with Crippen LogP contribution in [0, 0.1) is 6.92 Å². The SMILES string of the molecule is Cc1ccc(C2C(=O)N=C3SCCN32)cc1. The van der Waals surface area contributed by atoms with E-state index in [1.54, 1.807) is 11.8 Å². The Morgan fingerprint density at radius 3 is 2.88 bits per heavy atom. The number of aryl methyl sites for hydroxylation is 1. The highest BCUT2D eigenvalue weighted by Crippen LogP contribution is 2.35. The largest absolute Gasteiger partial charge is 0.334 e. The first-order valence-electron chi connectivity index (χ1n) is 5.34. The van der Waals surface area contributed by atoms with Crippen LogP contribution in [0.25, 0.3) is 0 Å². The molecule has 1 saturated heterocycles. The topological polar surface area (TPSA) is 32.7 Å². The predicted molar refractivity (Wildman–Crippen MR) is 65.5 cm³/mol. The molecule has 1 fully saturated rings. The van der Waals surface area contributed by atoms with E-state index in [0.29, 0.717) is 0 Å². The average molecular weight is 232 g/mol. The van der Waals surface area contributed by atoms with Gasteiger partial charge in [0.05, 0.1) is 0 Å². The standard InChI is InChI=1S/C12H12N2OS/c1-8-2-4-9(5-3-8)10-11(15)13-12-14(10)6-7-16-12/h2-5,10H,6-7H2,1H3. The molecule has 3 rings (SSSR count). The van der Waals surface area contributed by atoms with E-state index in [1.807, 2.05) is 31.2 Å². The molecule has 0 radical (unpaired) electrons. The summed E-state index contributed by atoms with van der Waals surface area (Å²) in [4.78, 5) is 18.0. The van der Waals surface area contributed by atoms with Gasteiger partial charge in [0.1, 0.15) is 6.04 Å². The summed E-state index contributed by atoms with van der Waals surface area (Å²) in [5, 5.41) is 0.899. The molecule has 0 aromatic heterocycles. The van der Waals surface area contributed by atoms with Crippen LogP contribution in [0.15, 0.2) is 29.3 Å². The van der Waals surface area contributed by atoms with Crippen molar-refractivity contribution in [1.29, 1.82) is 0 Å². The zero-order valence-electron chi connectivity index (χ0n) is 9.01. The van der Waals surface area contributed by atoms with Crippen molar-refractivity contribution in [2.75, 3.05) is 12.3 Å². The van der Waals surface area contributed by atoms with Crippen LogP contribution in [0.1, 0.15) is 17.2 Å². The van der Waals surface area contributed by atoms with Gasteiger partial charge in [-0.2, -0.15) is 4.99 Å². The van der Waals surface area contributed by atoms with Gasteiger partial charge in [0, 0.05) is 12.3 Å². The molecule has 3 nitrogen and oxygen atoms in total. The van der Waals surface area contributed by atoms with Crippen molar-refractivity contribution >= 4 is 22.8 Å². The summed E-state index contributed by atoms with van der Waals surface area (Å²) in [7, 11) is 0. The first kappa shape index (κ1) is 9.90. The zero-order chi connectivity index (χ0) is 11.1. The molecule has 1 amide bonds. The summed E-state index contributed by atoms with van der Waals surface area (Å²) in [5.74, 6) is 1.01. The lowest BCUT2D eigenvalue weighted by Gasteiger charge is -2.20. The van der Waals surface area contributed by atoms with Gasteiger partial charge in [-0.1, -0.05) is 41.6 Å². The third-order valence-corrected chi connectivity index (χ3v) is 3.92. The van der Waals surface area contributed by atoms with Crippen LogP contribution in [0.4, 0.5) is 0 Å². The highest BCUT2D eigenvalue weighted by atomic mass is 32.2. The molecule has 0 saturated carbocycles. The zero-order valence-corrected chi connectivity index (χ0v) is 9.83. The minimum absolute atomic E-state index is 0.0222. The number of aliphatic imine (C=N–C) groups is 1. The van der Waals surface area contributed by atoms with E-state index in [0.717, 1.165) is 23.0 Å². The van der Waals surface area contributed by atoms with Crippen molar-refractivity contribution in [1.82, 2.24) is 4.90 Å². The lowest BCUT2D eigenvalue weighted by molar-refractivity contribution is -0.120. The average Bonchev–Trinajstić information content (AvgIpc) is 2.79. The van der Waals surface area contributed by atoms with E-state index in [4.69, 9.17) is 0 Å². The second kappa shape index (κ2) is 3.63. The Morgan fingerprint density at radius 1 is 1.38 bits per heavy atom. The van der Waals surface area contributed by atoms with Gasteiger partial charge >= 0.3 is 0 Å². The summed E-state index contributed by atoms with van der Waals surface area (Å²) in [6.45, 7) is 2.97. The first-order valence-corrected chi connectivity index (χ1v) is 6.33. The number of hydrogen-bond donors (Lipinski definition) is 0. The van der Waals surface area contributed by atoms with Gasteiger partial charge in [-0.3, -0.25) is 4.79 Å². The number of benzene rings is 1. The van der Waals surface area contributed by atoms with Crippen LogP contribution >= 0.6 is 11.8 Å². The molecule has 2 heterocycles. The number of amidine groups is 1. The van der Waals surface area contributed by atoms with Crippen LogP contribution in [0.3, 0.4) is 0 Å². The monoisotopic (exact) mass is 232 g/mol. The predicted octanol–water partition coefficient (Wildman–Crippen LogP) is 1.98. The first-order chi connectivity index (χ1) is 7.75. The number of thioether (sulfide) groups is 1. The number of amides is 1. The highest BCUT2D eigenvalue weighted by Gasteiger charge is 2.39. The quantitative estimate of drug-likeness (QED) is 0.742. The second-order valence-corrected chi connectivity index (χ2v) is 5.15. The molecule has 0 N–H and O–H groups in total. The molecular formula is C12H12N2OS. The number of nitrogens with zero attached hydrogens (tertiary/aromatic N) is 2. The number of rotatable bonds is 1. The van der Waals surface area contributed by atoms with Crippen LogP contribution < -0.4 is 0 Å². The normalized spacial score (nSPS) is 23.6. The van der Waals surface area contributed by atoms with Gasteiger partial charge in [0.15, 0.2) is 5.17 Å². The Hall–Kier alpha value is -1.29. The smallest absolute Gasteiger partial charge is 0.275 e. The minimum Gasteiger partial charge on any atom is -0.334 e. The van der Waals surface area contributed by atoms with Crippen LogP contribution in [0.5, 0.6) is 0 Å². The van der Waals surface area contributed by atoms with Crippen molar-refractivity contribution in [2.24, 2.45) is 4.99 Å². The Morgan fingerprint density at radius 2 is 2.12 bits per heavy atom. The molecular weight excluding hydrogens is 220 g/mol. The summed E-state index contributed by atoms with van der Waals surface area (Å²) < 4.78 is 0. The third-order valence-electron chi connectivity index (χ3n) is 2.95. The third kappa shape index (κ3) is 1.45. The summed E-state index contributed by atoms with van der Waals surface area (Å²) in [6.07, 6.45) is 0. The molecule has 82 valence electrons. The Balaban J connectivity index is 1.96. The Labute approximate surface area is 98.5 Å². The molecule has 0 bridgehead atoms. The molecule has 16 heavy (non-hydrogen) atoms. The molecule has 1 unspecified atom stereocenters. The molecule has 1 atom stereocenters. The van der Waals surface area contributed by atoms with E-state index < -0.39 is 0 Å². The van der Waals surface area contributed by atoms with Gasteiger partial charge in [-0.05, 0) is 12.5 Å². The minimum atomic E-state index is -0.175. The maximum atomic E-state index is 11.8. The Bertz CT molecular complexity index is 466. The van der Waals surface area contributed by atoms with E-state index in [2.05, 4.69) is 9.89 Å². The van der Waals surface area contributed by atoms with Gasteiger partial charge in [0.2, 0.25) is 0 Å². The number of hydrogen-bond acceptors (Lipinski definition) is 3. The second-order valence-electron chi connectivity index (χ2n) is 4.09. The molecule has 2 aliphatic heterocycles. The fraction of sp³-hybridized carbons (Fsp3) is 0.333. The van der Waals surface area contributed by atoms with E-state index >= 15 is 0 Å². The molecule has 4 heteroatoms. The van der Waals surface area contributed by atoms with Gasteiger partial charge in [-0.15, -0.1) is 0 Å².